The van der Waals surface area contributed by atoms with Gasteiger partial charge in [-0.2, -0.15) is 0 Å². The molecule has 2 aromatic rings. The quantitative estimate of drug-likeness (QED) is 0.818. The Labute approximate surface area is 150 Å². The van der Waals surface area contributed by atoms with E-state index >= 15 is 0 Å². The fourth-order valence-electron chi connectivity index (χ4n) is 2.93. The molecule has 2 aliphatic rings. The number of nitrogens with zero attached hydrogens (tertiary/aromatic N) is 3. The number of hydrogen-bond donors (Lipinski definition) is 2. The van der Waals surface area contributed by atoms with Crippen molar-refractivity contribution in [2.75, 3.05) is 22.6 Å². The minimum absolute atomic E-state index is 0.00252. The number of pyridine rings is 1. The van der Waals surface area contributed by atoms with Crippen LogP contribution in [0, 0.1) is 17.8 Å². The molecule has 0 bridgehead atoms. The van der Waals surface area contributed by atoms with Gasteiger partial charge >= 0.3 is 6.09 Å². The number of cyclic esters (lactones) is 1. The van der Waals surface area contributed by atoms with Gasteiger partial charge in [-0.15, -0.1) is 0 Å². The summed E-state index contributed by atoms with van der Waals surface area (Å²) >= 11 is 0. The summed E-state index contributed by atoms with van der Waals surface area (Å²) in [7, 11) is 0. The lowest BCUT2D eigenvalue weighted by molar-refractivity contribution is -0.117. The average molecular weight is 353 g/mol. The number of benzene rings is 1. The number of amides is 2. The van der Waals surface area contributed by atoms with Crippen LogP contribution in [-0.4, -0.2) is 29.6 Å². The van der Waals surface area contributed by atoms with E-state index in [4.69, 9.17) is 15.7 Å². The molecule has 2 heterocycles. The maximum atomic E-state index is 11.9. The van der Waals surface area contributed by atoms with Gasteiger partial charge in [0.15, 0.2) is 0 Å². The van der Waals surface area contributed by atoms with Crippen molar-refractivity contribution in [1.82, 2.24) is 4.98 Å². The first-order valence-electron chi connectivity index (χ1n) is 8.25. The Morgan fingerprint density at radius 3 is 2.73 bits per heavy atom. The second-order valence-electron chi connectivity index (χ2n) is 6.39. The zero-order valence-corrected chi connectivity index (χ0v) is 14.3. The number of rotatable bonds is 3. The van der Waals surface area contributed by atoms with Gasteiger partial charge in [0.2, 0.25) is 5.91 Å². The molecule has 8 nitrogen and oxygen atoms in total. The largest absolute Gasteiger partial charge is 0.447 e. The van der Waals surface area contributed by atoms with E-state index in [9.17, 15) is 9.59 Å². The van der Waals surface area contributed by atoms with Gasteiger partial charge in [0.1, 0.15) is 12.4 Å². The molecule has 1 aliphatic heterocycles. The highest BCUT2D eigenvalue weighted by Crippen LogP contribution is 2.33. The molecule has 1 saturated heterocycles. The first-order valence-corrected chi connectivity index (χ1v) is 8.25. The van der Waals surface area contributed by atoms with E-state index < -0.39 is 0 Å². The Balaban J connectivity index is 0.000000948. The zero-order valence-electron chi connectivity index (χ0n) is 14.3. The lowest BCUT2D eigenvalue weighted by atomic mass is 10.1. The van der Waals surface area contributed by atoms with Crippen LogP contribution in [0.5, 0.6) is 0 Å². The molecule has 3 N–H and O–H groups in total. The molecule has 134 valence electrons. The number of fused-ring (bicyclic) bond motifs is 1. The molecule has 1 atom stereocenters. The number of nitrogen functional groups attached to an aromatic ring is 1. The number of anilines is 3. The van der Waals surface area contributed by atoms with E-state index in [1.54, 1.807) is 23.2 Å². The molecule has 1 aromatic carbocycles. The second-order valence-corrected chi connectivity index (χ2v) is 6.39. The number of hydrogen-bond acceptors (Lipinski definition) is 6. The van der Waals surface area contributed by atoms with Crippen molar-refractivity contribution in [2.24, 2.45) is 5.92 Å². The van der Waals surface area contributed by atoms with E-state index in [0.29, 0.717) is 23.8 Å². The highest BCUT2D eigenvalue weighted by atomic mass is 16.6. The third-order valence-corrected chi connectivity index (χ3v) is 4.42. The van der Waals surface area contributed by atoms with Gasteiger partial charge in [0.05, 0.1) is 11.7 Å². The van der Waals surface area contributed by atoms with Crippen LogP contribution in [0.4, 0.5) is 22.0 Å². The summed E-state index contributed by atoms with van der Waals surface area (Å²) < 4.78 is 5.07. The second kappa shape index (κ2) is 6.88. The molecule has 1 unspecified atom stereocenters. The van der Waals surface area contributed by atoms with Gasteiger partial charge in [0.25, 0.3) is 0 Å². The molecular formula is C18H19N5O3. The van der Waals surface area contributed by atoms with Crippen LogP contribution in [0.3, 0.4) is 0 Å². The Kier molecular flexibility index (Phi) is 4.63. The number of aromatic nitrogens is 1. The van der Waals surface area contributed by atoms with Gasteiger partial charge in [-0.1, -0.05) is 0 Å². The van der Waals surface area contributed by atoms with E-state index in [2.05, 4.69) is 16.9 Å². The van der Waals surface area contributed by atoms with Gasteiger partial charge in [-0.05, 0) is 43.4 Å². The summed E-state index contributed by atoms with van der Waals surface area (Å²) in [5.74, 6) is 0.606. The summed E-state index contributed by atoms with van der Waals surface area (Å²) in [5, 5.41) is 10.9. The predicted molar refractivity (Wildman–Crippen MR) is 97.5 cm³/mol. The Morgan fingerprint density at radius 1 is 1.38 bits per heavy atom. The van der Waals surface area contributed by atoms with E-state index in [1.807, 2.05) is 13.0 Å². The van der Waals surface area contributed by atoms with Crippen molar-refractivity contribution in [3.8, 4) is 6.57 Å². The molecule has 8 heteroatoms. The molecule has 1 aliphatic carbocycles. The standard InChI is InChI=1S/C17H18N4O3.CHN/c1-9-8-24-17(23)21(9)12-4-11-5-15(20-16(22)10-2-3-10)19-7-13(11)14(18)6-12;1-2/h4-7,9-10H,2-3,8,18H2,1H3,(H,19,20,22);1H. The number of nitrogens with two attached hydrogens (primary N) is 1. The summed E-state index contributed by atoms with van der Waals surface area (Å²) in [6.45, 7) is 5.77. The third-order valence-electron chi connectivity index (χ3n) is 4.42. The van der Waals surface area contributed by atoms with Gasteiger partial charge in [0, 0.05) is 29.8 Å². The maximum Gasteiger partial charge on any atom is 0.414 e. The predicted octanol–water partition coefficient (Wildman–Crippen LogP) is 2.65. The molecule has 2 fully saturated rings. The van der Waals surface area contributed by atoms with Crippen LogP contribution in [-0.2, 0) is 9.53 Å². The molecule has 2 amide bonds. The molecule has 1 saturated carbocycles. The first-order chi connectivity index (χ1) is 12.5. The lowest BCUT2D eigenvalue weighted by Gasteiger charge is -2.19. The Morgan fingerprint density at radius 2 is 2.12 bits per heavy atom. The van der Waals surface area contributed by atoms with Crippen LogP contribution in [0.25, 0.3) is 10.8 Å². The highest BCUT2D eigenvalue weighted by Gasteiger charge is 2.32. The van der Waals surface area contributed by atoms with Crippen LogP contribution in [0.15, 0.2) is 24.4 Å². The molecule has 0 radical (unpaired) electrons. The van der Waals surface area contributed by atoms with Crippen molar-refractivity contribution in [2.45, 2.75) is 25.8 Å². The van der Waals surface area contributed by atoms with Crippen LogP contribution >= 0.6 is 0 Å². The third kappa shape index (κ3) is 3.24. The summed E-state index contributed by atoms with van der Waals surface area (Å²) in [6, 6.07) is 5.34. The first kappa shape index (κ1) is 17.5. The fraction of sp³-hybridized carbons (Fsp3) is 0.333. The highest BCUT2D eigenvalue weighted by molar-refractivity contribution is 6.01. The van der Waals surface area contributed by atoms with Crippen molar-refractivity contribution < 1.29 is 14.3 Å². The van der Waals surface area contributed by atoms with Crippen molar-refractivity contribution >= 4 is 40.0 Å². The minimum Gasteiger partial charge on any atom is -0.447 e. The lowest BCUT2D eigenvalue weighted by Crippen LogP contribution is -2.30. The Bertz CT molecular complexity index is 891. The van der Waals surface area contributed by atoms with Crippen LogP contribution in [0.1, 0.15) is 19.8 Å². The van der Waals surface area contributed by atoms with Crippen LogP contribution < -0.4 is 16.0 Å². The van der Waals surface area contributed by atoms with E-state index in [-0.39, 0.29) is 24.0 Å². The molecule has 1 aromatic heterocycles. The van der Waals surface area contributed by atoms with Crippen molar-refractivity contribution in [1.29, 1.82) is 5.26 Å². The number of nitriles is 1. The van der Waals surface area contributed by atoms with E-state index in [1.165, 1.54) is 0 Å². The topological polar surface area (TPSA) is 121 Å². The van der Waals surface area contributed by atoms with Gasteiger partial charge < -0.3 is 15.8 Å². The summed E-state index contributed by atoms with van der Waals surface area (Å²) in [4.78, 5) is 29.7. The normalized spacial score (nSPS) is 18.8. The number of carbonyl (C=O) groups excluding carboxylic acids is 2. The average Bonchev–Trinajstić information content (AvgIpc) is 3.42. The minimum atomic E-state index is -0.377. The van der Waals surface area contributed by atoms with E-state index in [0.717, 1.165) is 23.6 Å². The number of carbonyl (C=O) groups is 2. The molecular weight excluding hydrogens is 334 g/mol. The monoisotopic (exact) mass is 353 g/mol. The molecule has 4 rings (SSSR count). The van der Waals surface area contributed by atoms with Gasteiger partial charge in [-0.3, -0.25) is 9.69 Å². The summed E-state index contributed by atoms with van der Waals surface area (Å²) in [5.41, 5.74) is 7.33. The summed E-state index contributed by atoms with van der Waals surface area (Å²) in [6.07, 6.45) is 3.14. The fourth-order valence-corrected chi connectivity index (χ4v) is 2.93. The zero-order chi connectivity index (χ0) is 18.8. The Hall–Kier alpha value is -3.34. The van der Waals surface area contributed by atoms with Crippen molar-refractivity contribution in [3.05, 3.63) is 24.4 Å². The molecule has 0 spiro atoms. The van der Waals surface area contributed by atoms with Crippen molar-refractivity contribution in [3.63, 3.8) is 0 Å². The van der Waals surface area contributed by atoms with Gasteiger partial charge in [-0.25, -0.2) is 15.0 Å². The maximum absolute atomic E-state index is 11.9. The number of ether oxygens (including phenoxy) is 1. The van der Waals surface area contributed by atoms with Crippen LogP contribution in [0.2, 0.25) is 0 Å². The molecule has 26 heavy (non-hydrogen) atoms. The number of nitrogens with one attached hydrogen (secondary N) is 1. The SMILES string of the molecule is C#N.CC1COC(=O)N1c1cc(N)c2cnc(NC(=O)C3CC3)cc2c1. The smallest absolute Gasteiger partial charge is 0.414 e.